The lowest BCUT2D eigenvalue weighted by Gasteiger charge is -2.23. The van der Waals surface area contributed by atoms with Crippen molar-refractivity contribution in [2.24, 2.45) is 5.10 Å². The van der Waals surface area contributed by atoms with Crippen molar-refractivity contribution in [3.63, 3.8) is 0 Å². The van der Waals surface area contributed by atoms with E-state index in [4.69, 9.17) is 6.42 Å². The molecule has 0 aliphatic heterocycles. The van der Waals surface area contributed by atoms with Crippen LogP contribution in [0.15, 0.2) is 35.4 Å². The normalized spacial score (nSPS) is 11.4. The molecule has 0 radical (unpaired) electrons. The van der Waals surface area contributed by atoms with Crippen molar-refractivity contribution in [1.82, 2.24) is 0 Å². The fraction of sp³-hybridized carbons (Fsp3) is 0.250. The highest BCUT2D eigenvalue weighted by Crippen LogP contribution is 2.02. The summed E-state index contributed by atoms with van der Waals surface area (Å²) in [6.45, 7) is 0.401. The third kappa shape index (κ3) is 4.47. The molecule has 0 saturated carbocycles. The standard InChI is InChI=1S/C12H14N2O.BrH/c1-4-10-14(2,3)13-12(15)11-8-6-5-7-9-11;/h1,5-9H,10H2,2-3H3;1H. The Morgan fingerprint density at radius 3 is 2.44 bits per heavy atom. The Morgan fingerprint density at radius 1 is 1.38 bits per heavy atom. The number of terminal acetylenes is 1. The van der Waals surface area contributed by atoms with Crippen LogP contribution in [-0.4, -0.2) is 31.1 Å². The van der Waals surface area contributed by atoms with Crippen LogP contribution >= 0.6 is 17.0 Å². The Morgan fingerprint density at radius 2 is 1.94 bits per heavy atom. The molecule has 4 heteroatoms. The number of rotatable bonds is 3. The summed E-state index contributed by atoms with van der Waals surface area (Å²) in [6, 6.07) is 8.95. The largest absolute Gasteiger partial charge is 0.855 e. The Labute approximate surface area is 107 Å². The number of benzene rings is 1. The fourth-order valence-corrected chi connectivity index (χ4v) is 1.14. The molecule has 3 nitrogen and oxygen atoms in total. The van der Waals surface area contributed by atoms with E-state index in [0.717, 1.165) is 0 Å². The monoisotopic (exact) mass is 282 g/mol. The average molecular weight is 283 g/mol. The Kier molecular flexibility index (Phi) is 5.79. The van der Waals surface area contributed by atoms with Crippen molar-refractivity contribution in [3.05, 3.63) is 35.9 Å². The van der Waals surface area contributed by atoms with E-state index in [2.05, 4.69) is 11.0 Å². The maximum absolute atomic E-state index is 11.7. The second-order valence-corrected chi connectivity index (χ2v) is 3.75. The van der Waals surface area contributed by atoms with Crippen LogP contribution in [0.2, 0.25) is 0 Å². The van der Waals surface area contributed by atoms with E-state index in [1.807, 2.05) is 18.2 Å². The van der Waals surface area contributed by atoms with Gasteiger partial charge in [-0.2, -0.15) is 4.59 Å². The average Bonchev–Trinajstić information content (AvgIpc) is 2.18. The molecule has 0 aliphatic rings. The summed E-state index contributed by atoms with van der Waals surface area (Å²) in [4.78, 5) is 0. The van der Waals surface area contributed by atoms with Gasteiger partial charge in [0.2, 0.25) is 0 Å². The SMILES string of the molecule is Br.C#CC[N+](C)(C)/N=C(\[O-])c1ccccc1. The minimum absolute atomic E-state index is 0. The molecule has 0 unspecified atom stereocenters. The smallest absolute Gasteiger partial charge is 0.164 e. The zero-order chi connectivity index (χ0) is 11.3. The molecule has 1 aromatic rings. The summed E-state index contributed by atoms with van der Waals surface area (Å²) >= 11 is 0. The third-order valence-electron chi connectivity index (χ3n) is 1.86. The van der Waals surface area contributed by atoms with Crippen molar-refractivity contribution >= 4 is 22.9 Å². The van der Waals surface area contributed by atoms with Gasteiger partial charge >= 0.3 is 0 Å². The summed E-state index contributed by atoms with van der Waals surface area (Å²) in [7, 11) is 3.58. The van der Waals surface area contributed by atoms with Gasteiger partial charge in [-0.15, -0.1) is 23.4 Å². The minimum Gasteiger partial charge on any atom is -0.855 e. The minimum atomic E-state index is -0.240. The van der Waals surface area contributed by atoms with Crippen molar-refractivity contribution in [2.45, 2.75) is 0 Å². The van der Waals surface area contributed by atoms with Crippen LogP contribution in [-0.2, 0) is 0 Å². The Bertz CT molecular complexity index is 393. The quantitative estimate of drug-likeness (QED) is 0.268. The lowest BCUT2D eigenvalue weighted by molar-refractivity contribution is -0.891. The molecule has 16 heavy (non-hydrogen) atoms. The molecule has 0 saturated heterocycles. The first-order valence-electron chi connectivity index (χ1n) is 4.64. The van der Waals surface area contributed by atoms with E-state index >= 15 is 0 Å². The lowest BCUT2D eigenvalue weighted by atomic mass is 10.2. The van der Waals surface area contributed by atoms with Gasteiger partial charge < -0.3 is 5.11 Å². The van der Waals surface area contributed by atoms with Gasteiger partial charge in [0.15, 0.2) is 6.54 Å². The van der Waals surface area contributed by atoms with Gasteiger partial charge in [0, 0.05) is 0 Å². The molecule has 0 amide bonds. The zero-order valence-corrected chi connectivity index (χ0v) is 11.1. The van der Waals surface area contributed by atoms with Crippen LogP contribution in [0.1, 0.15) is 5.56 Å². The molecule has 86 valence electrons. The van der Waals surface area contributed by atoms with Crippen molar-refractivity contribution < 1.29 is 9.70 Å². The lowest BCUT2D eigenvalue weighted by Crippen LogP contribution is -2.37. The van der Waals surface area contributed by atoms with E-state index in [9.17, 15) is 5.11 Å². The number of halogens is 1. The zero-order valence-electron chi connectivity index (χ0n) is 9.38. The van der Waals surface area contributed by atoms with E-state index in [1.165, 1.54) is 0 Å². The molecular weight excluding hydrogens is 268 g/mol. The first-order valence-corrected chi connectivity index (χ1v) is 4.64. The van der Waals surface area contributed by atoms with Crippen molar-refractivity contribution in [3.8, 4) is 12.3 Å². The molecule has 0 aliphatic carbocycles. The first-order chi connectivity index (χ1) is 7.05. The summed E-state index contributed by atoms with van der Waals surface area (Å²) in [5, 5.41) is 15.7. The van der Waals surface area contributed by atoms with Gasteiger partial charge in [-0.1, -0.05) is 35.4 Å². The summed E-state index contributed by atoms with van der Waals surface area (Å²) in [5.74, 6) is 2.25. The Balaban J connectivity index is 0.00000225. The topological polar surface area (TPSA) is 35.4 Å². The number of hydrogen-bond acceptors (Lipinski definition) is 2. The van der Waals surface area contributed by atoms with Gasteiger partial charge in [-0.05, 0) is 11.5 Å². The highest BCUT2D eigenvalue weighted by atomic mass is 79.9. The first kappa shape index (κ1) is 14.7. The molecule has 1 aromatic carbocycles. The molecule has 1 rings (SSSR count). The van der Waals surface area contributed by atoms with E-state index in [-0.39, 0.29) is 27.5 Å². The third-order valence-corrected chi connectivity index (χ3v) is 1.86. The molecule has 0 aromatic heterocycles. The molecular formula is C12H15BrN2O. The van der Waals surface area contributed by atoms with E-state index < -0.39 is 0 Å². The van der Waals surface area contributed by atoms with Crippen LogP contribution in [0, 0.1) is 12.3 Å². The highest BCUT2D eigenvalue weighted by Gasteiger charge is 2.11. The van der Waals surface area contributed by atoms with E-state index in [1.54, 1.807) is 26.2 Å². The van der Waals surface area contributed by atoms with Crippen LogP contribution in [0.3, 0.4) is 0 Å². The van der Waals surface area contributed by atoms with E-state index in [0.29, 0.717) is 12.1 Å². The molecule has 0 N–H and O–H groups in total. The van der Waals surface area contributed by atoms with Crippen molar-refractivity contribution in [1.29, 1.82) is 0 Å². The highest BCUT2D eigenvalue weighted by molar-refractivity contribution is 8.93. The maximum atomic E-state index is 11.7. The molecule has 0 spiro atoms. The van der Waals surface area contributed by atoms with Crippen LogP contribution < -0.4 is 5.11 Å². The van der Waals surface area contributed by atoms with Crippen LogP contribution in [0.4, 0.5) is 0 Å². The molecule has 0 atom stereocenters. The van der Waals surface area contributed by atoms with Crippen molar-refractivity contribution in [2.75, 3.05) is 20.6 Å². The number of nitrogens with zero attached hydrogens (tertiary/aromatic N) is 2. The summed E-state index contributed by atoms with van der Waals surface area (Å²) in [5.41, 5.74) is 0.584. The second kappa shape index (κ2) is 6.31. The van der Waals surface area contributed by atoms with Gasteiger partial charge in [0.05, 0.1) is 20.0 Å². The number of hydrogen-bond donors (Lipinski definition) is 0. The van der Waals surface area contributed by atoms with Crippen LogP contribution in [0.25, 0.3) is 0 Å². The molecule has 0 fully saturated rings. The number of quaternary nitrogens is 1. The Hall–Kier alpha value is -1.31. The van der Waals surface area contributed by atoms with Gasteiger partial charge in [0.25, 0.3) is 0 Å². The molecule has 0 bridgehead atoms. The predicted molar refractivity (Wildman–Crippen MR) is 69.1 cm³/mol. The fourth-order valence-electron chi connectivity index (χ4n) is 1.14. The van der Waals surface area contributed by atoms with Crippen LogP contribution in [0.5, 0.6) is 0 Å². The predicted octanol–water partition coefficient (Wildman–Crippen LogP) is 0.996. The summed E-state index contributed by atoms with van der Waals surface area (Å²) in [6.07, 6.45) is 5.19. The van der Waals surface area contributed by atoms with Gasteiger partial charge in [-0.25, -0.2) is 0 Å². The molecule has 0 heterocycles. The summed E-state index contributed by atoms with van der Waals surface area (Å²) < 4.78 is 0.157. The van der Waals surface area contributed by atoms with Gasteiger partial charge in [-0.3, -0.25) is 0 Å². The maximum Gasteiger partial charge on any atom is 0.164 e. The second-order valence-electron chi connectivity index (χ2n) is 3.75. The van der Waals surface area contributed by atoms with Gasteiger partial charge in [0.1, 0.15) is 0 Å².